The summed E-state index contributed by atoms with van der Waals surface area (Å²) in [6.07, 6.45) is 25.6. The van der Waals surface area contributed by atoms with E-state index < -0.39 is 33.1 Å². The molecule has 3 aliphatic heterocycles. The van der Waals surface area contributed by atoms with E-state index >= 15 is 0 Å². The van der Waals surface area contributed by atoms with Gasteiger partial charge in [0.25, 0.3) is 0 Å². The van der Waals surface area contributed by atoms with Gasteiger partial charge in [-0.15, -0.1) is 0 Å². The topological polar surface area (TPSA) is 24.5 Å². The molecule has 8 aromatic rings. The van der Waals surface area contributed by atoms with Crippen molar-refractivity contribution in [3.8, 4) is 11.5 Å². The first-order valence-electron chi connectivity index (χ1n) is 31.1. The molecule has 0 bridgehead atoms. The van der Waals surface area contributed by atoms with Crippen molar-refractivity contribution in [2.45, 2.75) is 158 Å². The first-order valence-corrected chi connectivity index (χ1v) is 39.4. The molecule has 1 saturated carbocycles. The van der Waals surface area contributed by atoms with Crippen LogP contribution in [0.25, 0.3) is 0 Å². The predicted octanol–water partition coefficient (Wildman–Crippen LogP) is 13.4. The molecule has 1 spiro atoms. The van der Waals surface area contributed by atoms with E-state index in [-0.39, 0.29) is 0 Å². The van der Waals surface area contributed by atoms with Gasteiger partial charge < -0.3 is 0 Å². The Bertz CT molecular complexity index is 3230. The third-order valence-electron chi connectivity index (χ3n) is 18.3. The van der Waals surface area contributed by atoms with Crippen LogP contribution in [0.1, 0.15) is 137 Å². The maximum absolute atomic E-state index is 7.88. The molecule has 4 aliphatic rings. The van der Waals surface area contributed by atoms with Gasteiger partial charge in [-0.2, -0.15) is 0 Å². The first-order chi connectivity index (χ1) is 40.0. The third-order valence-corrected chi connectivity index (χ3v) is 37.3. The molecule has 1 saturated heterocycles. The van der Waals surface area contributed by atoms with Crippen LogP contribution in [0, 0.1) is 0 Å². The molecule has 3 atom stereocenters. The van der Waals surface area contributed by atoms with E-state index in [2.05, 4.69) is 242 Å². The summed E-state index contributed by atoms with van der Waals surface area (Å²) in [6, 6.07) is 78.7. The van der Waals surface area contributed by atoms with Crippen molar-refractivity contribution in [1.29, 1.82) is 0 Å². The summed E-state index contributed by atoms with van der Waals surface area (Å²) >= 11 is -5.77. The van der Waals surface area contributed by atoms with E-state index in [0.29, 0.717) is 12.1 Å². The molecule has 1 aliphatic carbocycles. The first kappa shape index (κ1) is 55.4. The molecule has 12 rings (SSSR count). The van der Waals surface area contributed by atoms with Crippen LogP contribution in [0.15, 0.2) is 206 Å². The Morgan fingerprint density at radius 2 is 0.691 bits per heavy atom. The molecule has 412 valence electrons. The average molecular weight is 1200 g/mol. The van der Waals surface area contributed by atoms with Crippen LogP contribution in [-0.2, 0) is 25.7 Å². The summed E-state index contributed by atoms with van der Waals surface area (Å²) in [5.41, 5.74) is 8.00. The molecule has 8 aromatic carbocycles. The molecule has 4 nitrogen and oxygen atoms in total. The van der Waals surface area contributed by atoms with Crippen LogP contribution in [0.2, 0.25) is 10.4 Å². The fraction of sp³-hybridized carbons (Fsp3) is 0.333. The molecule has 3 heterocycles. The summed E-state index contributed by atoms with van der Waals surface area (Å²) in [5.74, 6) is 2.05. The van der Waals surface area contributed by atoms with Crippen molar-refractivity contribution in [3.05, 3.63) is 240 Å². The van der Waals surface area contributed by atoms with E-state index in [0.717, 1.165) is 87.3 Å². The van der Waals surface area contributed by atoms with E-state index in [9.17, 15) is 0 Å². The van der Waals surface area contributed by atoms with Gasteiger partial charge >= 0.3 is 429 Å². The van der Waals surface area contributed by atoms with Crippen molar-refractivity contribution in [1.82, 2.24) is 0 Å². The van der Waals surface area contributed by atoms with E-state index in [1.807, 2.05) is 0 Å². The van der Waals surface area contributed by atoms with Crippen LogP contribution in [0.5, 0.6) is 11.5 Å². The van der Waals surface area contributed by atoms with Crippen LogP contribution >= 0.6 is 0 Å². The van der Waals surface area contributed by atoms with Gasteiger partial charge in [0.2, 0.25) is 0 Å². The molecule has 0 N–H and O–H groups in total. The number of hydrogen-bond acceptors (Lipinski definition) is 2. The summed E-state index contributed by atoms with van der Waals surface area (Å²) in [5, 5.41) is 2.35. The Morgan fingerprint density at radius 1 is 0.383 bits per heavy atom. The molecule has 2 fully saturated rings. The quantitative estimate of drug-likeness (QED) is 0.0342. The van der Waals surface area contributed by atoms with Crippen molar-refractivity contribution in [3.63, 3.8) is 0 Å². The summed E-state index contributed by atoms with van der Waals surface area (Å²) in [4.78, 5) is 0. The second-order valence-corrected chi connectivity index (χ2v) is 38.7. The average Bonchev–Trinajstić information content (AvgIpc) is 2.74. The normalized spacial score (nSPS) is 18.0. The van der Waals surface area contributed by atoms with Crippen LogP contribution in [0.4, 0.5) is 0 Å². The maximum atomic E-state index is 7.88. The summed E-state index contributed by atoms with van der Waals surface area (Å²) in [6.45, 7) is 4.62. The zero-order valence-corrected chi connectivity index (χ0v) is 51.9. The summed E-state index contributed by atoms with van der Waals surface area (Å²) < 4.78 is 29.8. The number of rotatable bonds is 24. The third kappa shape index (κ3) is 11.1. The molecule has 6 heteroatoms. The molecule has 0 radical (unpaired) electrons. The minimum atomic E-state index is -2.91. The number of benzene rings is 8. The molecular weight excluding hydrogens is 1110 g/mol. The Balaban J connectivity index is 0.912. The van der Waals surface area contributed by atoms with Gasteiger partial charge in [0.1, 0.15) is 0 Å². The van der Waals surface area contributed by atoms with Crippen molar-refractivity contribution < 1.29 is 18.6 Å². The van der Waals surface area contributed by atoms with Gasteiger partial charge in [-0.1, -0.05) is 39.5 Å². The Hall–Kier alpha value is -6.18. The standard InChI is InChI=1S/C75H84As2N2O2/c1-3-5-13-33-59-53-61(35-14-6-4-2)73-63(55-59)57-78-71-49-27-28-50-72(71)79-58-64-56-60(34-29-31-51-76(65-37-15-7-16-38-65,66-39-17-8-18-40-66)67-41-19-9-20-42-67)54-62(74(64)81-75(78,79)80-73)36-30-32-52-77(68-43-21-10-22-44-68,69-45-23-11-24-46-69)70-47-25-12-26-48-70/h7-12,15-26,37-48,53-58,71-72H,3-6,13-14,27-36,49-52H2,1-2H3/q+4. The fourth-order valence-electron chi connectivity index (χ4n) is 14.4. The summed E-state index contributed by atoms with van der Waals surface area (Å²) in [7, 11) is 0. The number of hydrogen-bond donors (Lipinski definition) is 0. The number of nitrogens with zero attached hydrogens (tertiary/aromatic N) is 2. The monoisotopic (exact) mass is 1190 g/mol. The van der Waals surface area contributed by atoms with Crippen LogP contribution < -0.4 is 35.6 Å². The fourth-order valence-corrected chi connectivity index (χ4v) is 32.9. The molecular formula is C75H84As2N2O2+4. The Labute approximate surface area is 489 Å². The van der Waals surface area contributed by atoms with Gasteiger partial charge in [0.15, 0.2) is 0 Å². The van der Waals surface area contributed by atoms with Gasteiger partial charge in [-0.05, 0) is 24.8 Å². The van der Waals surface area contributed by atoms with E-state index in [1.54, 1.807) is 0 Å². The second kappa shape index (κ2) is 25.5. The number of fused-ring (bicyclic) bond motifs is 5. The molecule has 0 amide bonds. The molecule has 81 heavy (non-hydrogen) atoms. The Morgan fingerprint density at radius 3 is 1.02 bits per heavy atom. The van der Waals surface area contributed by atoms with Crippen LogP contribution in [0.3, 0.4) is 0 Å². The van der Waals surface area contributed by atoms with Gasteiger partial charge in [-0.25, -0.2) is 0 Å². The van der Waals surface area contributed by atoms with E-state index in [4.69, 9.17) is 9.47 Å². The molecule has 0 aromatic heterocycles. The van der Waals surface area contributed by atoms with Gasteiger partial charge in [-0.3, -0.25) is 0 Å². The SMILES string of the molecule is CCCCCc1cc2c(c(CCCCC)c1)OC13Oc4c(cc(CCCC[As+](c5ccccc5)(c5ccccc5)c5ccccc5)cc4CCCC[As+](c4ccccc4)(c4ccccc4)c4ccccc4)C=[N+]1C1CCCCC1[N+]3=C2. The molecule has 3 unspecified atom stereocenters. The minimum absolute atomic E-state index is 0.304. The number of aryl methyl sites for hydroxylation is 4. The van der Waals surface area contributed by atoms with Crippen LogP contribution in [-0.4, -0.2) is 66.8 Å². The second-order valence-electron chi connectivity index (χ2n) is 23.5. The van der Waals surface area contributed by atoms with Crippen molar-refractivity contribution in [2.75, 3.05) is 0 Å². The zero-order valence-electron chi connectivity index (χ0n) is 48.2. The number of unbranched alkanes of at least 4 members (excludes halogenated alkanes) is 6. The predicted molar refractivity (Wildman–Crippen MR) is 344 cm³/mol. The Kier molecular flexibility index (Phi) is 17.4. The van der Waals surface area contributed by atoms with Gasteiger partial charge in [0.05, 0.1) is 0 Å². The van der Waals surface area contributed by atoms with Gasteiger partial charge in [0, 0.05) is 0 Å². The van der Waals surface area contributed by atoms with E-state index in [1.165, 1.54) is 110 Å². The number of ether oxygens (including phenoxy) is 2. The zero-order chi connectivity index (χ0) is 54.9. The van der Waals surface area contributed by atoms with Crippen molar-refractivity contribution >= 4 is 65.6 Å². The van der Waals surface area contributed by atoms with Crippen molar-refractivity contribution in [2.24, 2.45) is 0 Å².